The lowest BCUT2D eigenvalue weighted by atomic mass is 9.89. The Morgan fingerprint density at radius 2 is 1.18 bits per heavy atom. The Kier molecular flexibility index (Phi) is 21.5. The summed E-state index contributed by atoms with van der Waals surface area (Å²) in [6, 6.07) is 15.9. The summed E-state index contributed by atoms with van der Waals surface area (Å²) in [6.45, 7) is 25.9. The number of aryl methyl sites for hydroxylation is 2. The van der Waals surface area contributed by atoms with Crippen molar-refractivity contribution in [2.75, 3.05) is 0 Å². The molecule has 0 aromatic heterocycles. The Morgan fingerprint density at radius 3 is 1.68 bits per heavy atom. The van der Waals surface area contributed by atoms with Gasteiger partial charge in [-0.3, -0.25) is 0 Å². The van der Waals surface area contributed by atoms with Crippen LogP contribution in [0.5, 0.6) is 0 Å². The van der Waals surface area contributed by atoms with Crippen molar-refractivity contribution in [3.05, 3.63) is 70.3 Å². The second kappa shape index (κ2) is 19.7. The zero-order valence-electron chi connectivity index (χ0n) is 23.5. The Balaban J connectivity index is -0.000000442. The lowest BCUT2D eigenvalue weighted by molar-refractivity contribution is 0.475. The summed E-state index contributed by atoms with van der Waals surface area (Å²) in [5.41, 5.74) is 7.80. The standard InChI is InChI=1S/2C13H18.3C2H6.2CH4/c1-9(2)12-7-6-11-5-4-10(3)8-13(11)12;1-9(2)13-8-10(3)11-6-4-5-7-12(11)13;3*1-2;;/h4-5,8-9,12H,6-7H2,1-3H3;4-7,9-10,13H,8H2,1-3H3;3*1-2H3;2*1H4. The molecule has 0 N–H and O–H groups in total. The monoisotopic (exact) mass is 470 g/mol. The van der Waals surface area contributed by atoms with E-state index in [2.05, 4.69) is 84.0 Å². The maximum atomic E-state index is 2.38. The van der Waals surface area contributed by atoms with Gasteiger partial charge in [-0.15, -0.1) is 0 Å². The van der Waals surface area contributed by atoms with Crippen LogP contribution < -0.4 is 0 Å². The van der Waals surface area contributed by atoms with Crippen molar-refractivity contribution in [3.63, 3.8) is 0 Å². The molecule has 0 heterocycles. The molecule has 3 unspecified atom stereocenters. The molecule has 0 amide bonds. The van der Waals surface area contributed by atoms with Gasteiger partial charge in [-0.1, -0.05) is 139 Å². The van der Waals surface area contributed by atoms with E-state index < -0.39 is 0 Å². The van der Waals surface area contributed by atoms with Gasteiger partial charge < -0.3 is 0 Å². The van der Waals surface area contributed by atoms with Gasteiger partial charge in [0.15, 0.2) is 0 Å². The van der Waals surface area contributed by atoms with Gasteiger partial charge in [0.2, 0.25) is 0 Å². The van der Waals surface area contributed by atoms with Gasteiger partial charge in [0.05, 0.1) is 0 Å². The summed E-state index contributed by atoms with van der Waals surface area (Å²) in [4.78, 5) is 0. The van der Waals surface area contributed by atoms with Crippen molar-refractivity contribution in [2.24, 2.45) is 11.8 Å². The van der Waals surface area contributed by atoms with Crippen molar-refractivity contribution < 1.29 is 0 Å². The lowest BCUT2D eigenvalue weighted by Crippen LogP contribution is -2.02. The van der Waals surface area contributed by atoms with Crippen molar-refractivity contribution >= 4 is 0 Å². The van der Waals surface area contributed by atoms with Crippen LogP contribution in [0, 0.1) is 18.8 Å². The number of rotatable bonds is 2. The molecule has 198 valence electrons. The van der Waals surface area contributed by atoms with E-state index in [0.717, 1.165) is 29.6 Å². The van der Waals surface area contributed by atoms with E-state index >= 15 is 0 Å². The van der Waals surface area contributed by atoms with E-state index in [1.807, 2.05) is 41.5 Å². The third-order valence-corrected chi connectivity index (χ3v) is 6.57. The highest BCUT2D eigenvalue weighted by Gasteiger charge is 2.29. The molecule has 4 rings (SSSR count). The van der Waals surface area contributed by atoms with Gasteiger partial charge in [-0.2, -0.15) is 0 Å². The zero-order valence-corrected chi connectivity index (χ0v) is 23.5. The Bertz CT molecular complexity index is 737. The van der Waals surface area contributed by atoms with Crippen LogP contribution in [-0.2, 0) is 6.42 Å². The molecule has 0 spiro atoms. The first-order chi connectivity index (χ1) is 15.4. The van der Waals surface area contributed by atoms with E-state index in [4.69, 9.17) is 0 Å². The van der Waals surface area contributed by atoms with E-state index in [-0.39, 0.29) is 14.9 Å². The minimum Gasteiger partial charge on any atom is -0.0776 e. The molecule has 0 saturated heterocycles. The first-order valence-corrected chi connectivity index (χ1v) is 13.6. The zero-order chi connectivity index (χ0) is 24.8. The average Bonchev–Trinajstić information content (AvgIpc) is 3.40. The SMILES string of the molecule is C.C.CC.CC.CC.CC1CC(C(C)C)c2ccccc21.Cc1ccc2c(c1)C(C(C)C)CC2. The molecular weight excluding hydrogens is 408 g/mol. The maximum absolute atomic E-state index is 2.38. The summed E-state index contributed by atoms with van der Waals surface area (Å²) in [5, 5.41) is 0. The van der Waals surface area contributed by atoms with Crippen LogP contribution in [0.15, 0.2) is 42.5 Å². The minimum atomic E-state index is 0. The molecule has 0 fully saturated rings. The summed E-state index contributed by atoms with van der Waals surface area (Å²) >= 11 is 0. The molecule has 34 heavy (non-hydrogen) atoms. The molecule has 0 saturated carbocycles. The van der Waals surface area contributed by atoms with Crippen LogP contribution in [0.2, 0.25) is 0 Å². The van der Waals surface area contributed by atoms with E-state index in [1.165, 1.54) is 24.8 Å². The average molecular weight is 471 g/mol. The summed E-state index contributed by atoms with van der Waals surface area (Å²) in [5.74, 6) is 3.96. The van der Waals surface area contributed by atoms with Gasteiger partial charge in [0.25, 0.3) is 0 Å². The minimum absolute atomic E-state index is 0. The molecule has 0 radical (unpaired) electrons. The highest BCUT2D eigenvalue weighted by molar-refractivity contribution is 5.39. The van der Waals surface area contributed by atoms with Crippen LogP contribution in [0.1, 0.15) is 149 Å². The Morgan fingerprint density at radius 1 is 0.676 bits per heavy atom. The molecule has 0 aliphatic heterocycles. The molecule has 2 aliphatic carbocycles. The van der Waals surface area contributed by atoms with Gasteiger partial charge in [0.1, 0.15) is 0 Å². The largest absolute Gasteiger partial charge is 0.0776 e. The normalized spacial score (nSPS) is 18.6. The second-order valence-corrected chi connectivity index (χ2v) is 9.21. The first-order valence-electron chi connectivity index (χ1n) is 13.6. The number of hydrogen-bond acceptors (Lipinski definition) is 0. The van der Waals surface area contributed by atoms with E-state index in [9.17, 15) is 0 Å². The van der Waals surface area contributed by atoms with E-state index in [0.29, 0.717) is 0 Å². The summed E-state index contributed by atoms with van der Waals surface area (Å²) in [7, 11) is 0. The van der Waals surface area contributed by atoms with E-state index in [1.54, 1.807) is 22.3 Å². The predicted octanol–water partition coefficient (Wildman–Crippen LogP) is 12.0. The van der Waals surface area contributed by atoms with Gasteiger partial charge in [-0.25, -0.2) is 0 Å². The summed E-state index contributed by atoms with van der Waals surface area (Å²) < 4.78 is 0. The number of hydrogen-bond donors (Lipinski definition) is 0. The van der Waals surface area contributed by atoms with Crippen LogP contribution in [-0.4, -0.2) is 0 Å². The van der Waals surface area contributed by atoms with Crippen LogP contribution in [0.25, 0.3) is 0 Å². The van der Waals surface area contributed by atoms with Gasteiger partial charge in [0, 0.05) is 0 Å². The van der Waals surface area contributed by atoms with Crippen molar-refractivity contribution in [1.29, 1.82) is 0 Å². The molecule has 0 nitrogen and oxygen atoms in total. The van der Waals surface area contributed by atoms with Crippen LogP contribution >= 0.6 is 0 Å². The highest BCUT2D eigenvalue weighted by atomic mass is 14.3. The smallest absolute Gasteiger partial charge is 0.0130 e. The summed E-state index contributed by atoms with van der Waals surface area (Å²) in [6.07, 6.45) is 3.99. The third kappa shape index (κ3) is 9.97. The predicted molar refractivity (Wildman–Crippen MR) is 162 cm³/mol. The second-order valence-electron chi connectivity index (χ2n) is 9.21. The molecular formula is C34H62. The molecule has 2 aliphatic rings. The third-order valence-electron chi connectivity index (χ3n) is 6.57. The molecule has 2 aromatic carbocycles. The molecule has 3 atom stereocenters. The lowest BCUT2D eigenvalue weighted by Gasteiger charge is -2.15. The maximum Gasteiger partial charge on any atom is -0.0130 e. The topological polar surface area (TPSA) is 0 Å². The van der Waals surface area contributed by atoms with Gasteiger partial charge >= 0.3 is 0 Å². The van der Waals surface area contributed by atoms with Crippen LogP contribution in [0.4, 0.5) is 0 Å². The Hall–Kier alpha value is -1.56. The molecule has 0 bridgehead atoms. The fraction of sp³-hybridized carbons (Fsp3) is 0.647. The van der Waals surface area contributed by atoms with Crippen molar-refractivity contribution in [2.45, 2.75) is 135 Å². The van der Waals surface area contributed by atoms with Crippen molar-refractivity contribution in [1.82, 2.24) is 0 Å². The van der Waals surface area contributed by atoms with Crippen molar-refractivity contribution in [3.8, 4) is 0 Å². The highest BCUT2D eigenvalue weighted by Crippen LogP contribution is 2.44. The number of benzene rings is 2. The quantitative estimate of drug-likeness (QED) is 0.409. The molecule has 0 heteroatoms. The number of fused-ring (bicyclic) bond motifs is 2. The fourth-order valence-electron chi connectivity index (χ4n) is 5.01. The Labute approximate surface area is 217 Å². The fourth-order valence-corrected chi connectivity index (χ4v) is 5.01. The first kappa shape index (κ1) is 37.0. The van der Waals surface area contributed by atoms with Gasteiger partial charge in [-0.05, 0) is 78.0 Å². The van der Waals surface area contributed by atoms with Crippen LogP contribution in [0.3, 0.4) is 0 Å². The molecule has 2 aromatic rings.